The van der Waals surface area contributed by atoms with E-state index in [1.165, 1.54) is 17.4 Å². The fourth-order valence-electron chi connectivity index (χ4n) is 1.79. The number of hydrogen-bond donors (Lipinski definition) is 0. The zero-order valence-electron chi connectivity index (χ0n) is 8.24. The standard InChI is InChI=1S/C13H7FOS/c14-10-6-3-5-9-12(15)8-4-1-2-7-11(8)16-13(9)10/h1-7H. The number of benzene rings is 2. The van der Waals surface area contributed by atoms with Crippen molar-refractivity contribution in [3.8, 4) is 0 Å². The van der Waals surface area contributed by atoms with Crippen molar-refractivity contribution in [2.75, 3.05) is 0 Å². The fraction of sp³-hybridized carbons (Fsp3) is 0. The second kappa shape index (κ2) is 3.39. The van der Waals surface area contributed by atoms with Crippen molar-refractivity contribution in [3.05, 3.63) is 58.5 Å². The molecular formula is C13H7FOS. The Bertz CT molecular complexity index is 746. The predicted molar refractivity (Wildman–Crippen MR) is 65.6 cm³/mol. The maximum Gasteiger partial charge on any atom is 0.195 e. The van der Waals surface area contributed by atoms with Gasteiger partial charge in [-0.05, 0) is 24.3 Å². The number of hydrogen-bond acceptors (Lipinski definition) is 2. The van der Waals surface area contributed by atoms with E-state index in [1.807, 2.05) is 18.2 Å². The van der Waals surface area contributed by atoms with Gasteiger partial charge < -0.3 is 0 Å². The third-order valence-corrected chi connectivity index (χ3v) is 3.75. The van der Waals surface area contributed by atoms with E-state index < -0.39 is 0 Å². The van der Waals surface area contributed by atoms with Crippen molar-refractivity contribution in [3.63, 3.8) is 0 Å². The first-order valence-electron chi connectivity index (χ1n) is 4.87. The number of rotatable bonds is 0. The lowest BCUT2D eigenvalue weighted by molar-refractivity contribution is 0.641. The normalized spacial score (nSPS) is 11.1. The van der Waals surface area contributed by atoms with Crippen molar-refractivity contribution in [2.24, 2.45) is 0 Å². The summed E-state index contributed by atoms with van der Waals surface area (Å²) >= 11 is 1.32. The van der Waals surface area contributed by atoms with Gasteiger partial charge in [0.2, 0.25) is 0 Å². The minimum Gasteiger partial charge on any atom is -0.289 e. The van der Waals surface area contributed by atoms with Crippen LogP contribution in [0.2, 0.25) is 0 Å². The van der Waals surface area contributed by atoms with E-state index in [9.17, 15) is 9.18 Å². The lowest BCUT2D eigenvalue weighted by Crippen LogP contribution is -2.01. The third kappa shape index (κ3) is 1.25. The molecule has 16 heavy (non-hydrogen) atoms. The molecule has 1 heterocycles. The van der Waals surface area contributed by atoms with Gasteiger partial charge in [0.15, 0.2) is 5.43 Å². The molecule has 0 aliphatic carbocycles. The first kappa shape index (κ1) is 9.48. The molecule has 0 unspecified atom stereocenters. The van der Waals surface area contributed by atoms with Crippen LogP contribution in [0.4, 0.5) is 4.39 Å². The molecule has 0 aliphatic heterocycles. The van der Waals surface area contributed by atoms with E-state index in [2.05, 4.69) is 0 Å². The highest BCUT2D eigenvalue weighted by Crippen LogP contribution is 2.26. The molecule has 78 valence electrons. The molecule has 0 fully saturated rings. The Morgan fingerprint density at radius 3 is 2.56 bits per heavy atom. The topological polar surface area (TPSA) is 17.1 Å². The summed E-state index contributed by atoms with van der Waals surface area (Å²) in [7, 11) is 0. The van der Waals surface area contributed by atoms with Crippen LogP contribution in [0.3, 0.4) is 0 Å². The van der Waals surface area contributed by atoms with Crippen molar-refractivity contribution in [2.45, 2.75) is 0 Å². The van der Waals surface area contributed by atoms with E-state index in [0.29, 0.717) is 15.5 Å². The SMILES string of the molecule is O=c1c2ccccc2sc2c(F)cccc12. The molecule has 0 N–H and O–H groups in total. The Labute approximate surface area is 94.8 Å². The van der Waals surface area contributed by atoms with Gasteiger partial charge in [0.1, 0.15) is 5.82 Å². The number of halogens is 1. The minimum absolute atomic E-state index is 0.0937. The maximum atomic E-state index is 13.6. The Balaban J connectivity index is 2.67. The molecular weight excluding hydrogens is 223 g/mol. The van der Waals surface area contributed by atoms with Crippen LogP contribution in [-0.4, -0.2) is 0 Å². The van der Waals surface area contributed by atoms with E-state index in [4.69, 9.17) is 0 Å². The van der Waals surface area contributed by atoms with Gasteiger partial charge in [-0.2, -0.15) is 0 Å². The zero-order valence-corrected chi connectivity index (χ0v) is 9.05. The first-order chi connectivity index (χ1) is 7.77. The van der Waals surface area contributed by atoms with Crippen molar-refractivity contribution >= 4 is 31.5 Å². The van der Waals surface area contributed by atoms with Crippen molar-refractivity contribution < 1.29 is 4.39 Å². The van der Waals surface area contributed by atoms with Gasteiger partial charge in [0.05, 0.1) is 4.70 Å². The van der Waals surface area contributed by atoms with Crippen LogP contribution in [-0.2, 0) is 0 Å². The lowest BCUT2D eigenvalue weighted by Gasteiger charge is -2.00. The molecule has 0 amide bonds. The van der Waals surface area contributed by atoms with Gasteiger partial charge in [-0.3, -0.25) is 4.79 Å². The molecule has 1 nitrogen and oxygen atoms in total. The molecule has 2 aromatic carbocycles. The Morgan fingerprint density at radius 1 is 0.938 bits per heavy atom. The van der Waals surface area contributed by atoms with Crippen LogP contribution in [0.5, 0.6) is 0 Å². The van der Waals surface area contributed by atoms with Crippen molar-refractivity contribution in [1.29, 1.82) is 0 Å². The quantitative estimate of drug-likeness (QED) is 0.540. The molecule has 0 radical (unpaired) electrons. The van der Waals surface area contributed by atoms with Gasteiger partial charge in [0, 0.05) is 15.5 Å². The van der Waals surface area contributed by atoms with Gasteiger partial charge in [-0.15, -0.1) is 11.3 Å². The molecule has 0 atom stereocenters. The summed E-state index contributed by atoms with van der Waals surface area (Å²) in [5, 5.41) is 1.12. The first-order valence-corrected chi connectivity index (χ1v) is 5.69. The van der Waals surface area contributed by atoms with E-state index >= 15 is 0 Å². The van der Waals surface area contributed by atoms with Crippen LogP contribution < -0.4 is 5.43 Å². The minimum atomic E-state index is -0.328. The Kier molecular flexibility index (Phi) is 2.01. The molecule has 0 spiro atoms. The van der Waals surface area contributed by atoms with Crippen LogP contribution in [0, 0.1) is 5.82 Å². The summed E-state index contributed by atoms with van der Waals surface area (Å²) < 4.78 is 14.8. The van der Waals surface area contributed by atoms with Crippen LogP contribution in [0.25, 0.3) is 20.2 Å². The Hall–Kier alpha value is -1.74. The molecule has 3 heteroatoms. The zero-order chi connectivity index (χ0) is 11.1. The highest BCUT2D eigenvalue weighted by molar-refractivity contribution is 7.24. The molecule has 1 aromatic heterocycles. The largest absolute Gasteiger partial charge is 0.289 e. The van der Waals surface area contributed by atoms with E-state index in [-0.39, 0.29) is 11.2 Å². The third-order valence-electron chi connectivity index (χ3n) is 2.56. The van der Waals surface area contributed by atoms with Gasteiger partial charge >= 0.3 is 0 Å². The van der Waals surface area contributed by atoms with E-state index in [1.54, 1.807) is 18.2 Å². The average Bonchev–Trinajstić information content (AvgIpc) is 2.31. The monoisotopic (exact) mass is 230 g/mol. The summed E-state index contributed by atoms with van der Waals surface area (Å²) in [5.41, 5.74) is -0.0937. The summed E-state index contributed by atoms with van der Waals surface area (Å²) in [6, 6.07) is 11.9. The molecule has 0 saturated carbocycles. The molecule has 0 saturated heterocycles. The molecule has 0 aliphatic rings. The predicted octanol–water partition coefficient (Wildman–Crippen LogP) is 3.55. The van der Waals surface area contributed by atoms with Crippen LogP contribution >= 0.6 is 11.3 Å². The smallest absolute Gasteiger partial charge is 0.195 e. The highest BCUT2D eigenvalue weighted by Gasteiger charge is 2.07. The van der Waals surface area contributed by atoms with E-state index in [0.717, 1.165) is 4.70 Å². The maximum absolute atomic E-state index is 13.6. The Morgan fingerprint density at radius 2 is 1.69 bits per heavy atom. The second-order valence-corrected chi connectivity index (χ2v) is 4.60. The summed E-state index contributed by atoms with van der Waals surface area (Å²) in [6.07, 6.45) is 0. The van der Waals surface area contributed by atoms with Gasteiger partial charge in [0.25, 0.3) is 0 Å². The molecule has 0 bridgehead atoms. The summed E-state index contributed by atoms with van der Waals surface area (Å²) in [5.74, 6) is -0.328. The molecule has 3 rings (SSSR count). The number of fused-ring (bicyclic) bond motifs is 2. The highest BCUT2D eigenvalue weighted by atomic mass is 32.1. The van der Waals surface area contributed by atoms with Crippen molar-refractivity contribution in [1.82, 2.24) is 0 Å². The van der Waals surface area contributed by atoms with Crippen LogP contribution in [0.15, 0.2) is 47.3 Å². The van der Waals surface area contributed by atoms with Gasteiger partial charge in [-0.1, -0.05) is 18.2 Å². The summed E-state index contributed by atoms with van der Waals surface area (Å²) in [4.78, 5) is 12.1. The summed E-state index contributed by atoms with van der Waals surface area (Å²) in [6.45, 7) is 0. The fourth-order valence-corrected chi connectivity index (χ4v) is 2.86. The molecule has 3 aromatic rings. The van der Waals surface area contributed by atoms with Crippen LogP contribution in [0.1, 0.15) is 0 Å². The van der Waals surface area contributed by atoms with Gasteiger partial charge in [-0.25, -0.2) is 4.39 Å². The second-order valence-electron chi connectivity index (χ2n) is 3.54. The lowest BCUT2D eigenvalue weighted by atomic mass is 10.2. The average molecular weight is 230 g/mol.